The van der Waals surface area contributed by atoms with Crippen molar-refractivity contribution in [1.29, 1.82) is 0 Å². The van der Waals surface area contributed by atoms with Gasteiger partial charge in [0.05, 0.1) is 11.4 Å². The monoisotopic (exact) mass is 265 g/mol. The molecular weight excluding hydrogens is 253 g/mol. The molecule has 0 aliphatic carbocycles. The number of rotatable bonds is 2. The number of nitrogens with two attached hydrogens (primary N) is 1. The smallest absolute Gasteiger partial charge is 0.257 e. The molecule has 0 aliphatic rings. The van der Waals surface area contributed by atoms with Crippen molar-refractivity contribution in [3.63, 3.8) is 0 Å². The maximum Gasteiger partial charge on any atom is 0.257 e. The highest BCUT2D eigenvalue weighted by molar-refractivity contribution is 7.15. The zero-order valence-corrected chi connectivity index (χ0v) is 10.8. The summed E-state index contributed by atoms with van der Waals surface area (Å²) in [5.74, 6) is -1.00. The number of aromatic nitrogens is 1. The lowest BCUT2D eigenvalue weighted by Gasteiger charge is -2.03. The van der Waals surface area contributed by atoms with Gasteiger partial charge in [0.2, 0.25) is 0 Å². The van der Waals surface area contributed by atoms with Crippen LogP contribution in [0.5, 0.6) is 0 Å². The Balaban J connectivity index is 2.19. The minimum absolute atomic E-state index is 0.0208. The van der Waals surface area contributed by atoms with E-state index in [0.29, 0.717) is 5.13 Å². The van der Waals surface area contributed by atoms with Crippen LogP contribution in [-0.2, 0) is 0 Å². The Labute approximate surface area is 108 Å². The first-order valence-corrected chi connectivity index (χ1v) is 6.09. The first-order valence-electron chi connectivity index (χ1n) is 5.28. The third-order valence-corrected chi connectivity index (χ3v) is 3.50. The molecule has 0 saturated carbocycles. The zero-order chi connectivity index (χ0) is 13.3. The molecule has 1 heterocycles. The largest absolute Gasteiger partial charge is 0.396 e. The van der Waals surface area contributed by atoms with E-state index in [1.54, 1.807) is 0 Å². The van der Waals surface area contributed by atoms with Crippen LogP contribution in [-0.4, -0.2) is 10.9 Å². The van der Waals surface area contributed by atoms with Crippen LogP contribution in [0.15, 0.2) is 18.2 Å². The number of carbonyl (C=O) groups is 1. The van der Waals surface area contributed by atoms with Gasteiger partial charge in [-0.2, -0.15) is 0 Å². The molecule has 0 fully saturated rings. The number of thiazole rings is 1. The maximum atomic E-state index is 13.2. The lowest BCUT2D eigenvalue weighted by atomic mass is 10.2. The Kier molecular flexibility index (Phi) is 3.29. The summed E-state index contributed by atoms with van der Waals surface area (Å²) in [4.78, 5) is 17.1. The predicted octanol–water partition coefficient (Wildman–Crippen LogP) is 2.73. The van der Waals surface area contributed by atoms with Crippen LogP contribution in [0.3, 0.4) is 0 Å². The predicted molar refractivity (Wildman–Crippen MR) is 70.4 cm³/mol. The number of nitrogens with one attached hydrogen (secondary N) is 1. The van der Waals surface area contributed by atoms with Crippen molar-refractivity contribution in [3.05, 3.63) is 40.2 Å². The lowest BCUT2D eigenvalue weighted by molar-refractivity contribution is 0.102. The molecule has 2 rings (SSSR count). The van der Waals surface area contributed by atoms with Gasteiger partial charge < -0.3 is 5.73 Å². The van der Waals surface area contributed by atoms with Gasteiger partial charge in [-0.05, 0) is 32.0 Å². The Bertz CT molecular complexity index is 590. The third-order valence-electron chi connectivity index (χ3n) is 2.51. The lowest BCUT2D eigenvalue weighted by Crippen LogP contribution is -2.12. The molecule has 1 aromatic heterocycles. The van der Waals surface area contributed by atoms with E-state index in [9.17, 15) is 9.18 Å². The van der Waals surface area contributed by atoms with Gasteiger partial charge in [0.25, 0.3) is 5.91 Å². The average Bonchev–Trinajstić information content (AvgIpc) is 2.61. The highest BCUT2D eigenvalue weighted by Crippen LogP contribution is 2.22. The fourth-order valence-corrected chi connectivity index (χ4v) is 2.17. The van der Waals surface area contributed by atoms with Gasteiger partial charge in [-0.1, -0.05) is 0 Å². The fraction of sp³-hybridized carbons (Fsp3) is 0.167. The molecule has 94 valence electrons. The molecule has 18 heavy (non-hydrogen) atoms. The number of hydrogen-bond acceptors (Lipinski definition) is 4. The molecule has 1 aromatic carbocycles. The van der Waals surface area contributed by atoms with Gasteiger partial charge in [-0.25, -0.2) is 9.37 Å². The second kappa shape index (κ2) is 4.73. The first kappa shape index (κ1) is 12.5. The summed E-state index contributed by atoms with van der Waals surface area (Å²) in [5, 5.41) is 3.13. The van der Waals surface area contributed by atoms with Gasteiger partial charge in [-0.3, -0.25) is 10.1 Å². The van der Waals surface area contributed by atoms with Crippen molar-refractivity contribution in [3.8, 4) is 0 Å². The topological polar surface area (TPSA) is 68.0 Å². The second-order valence-electron chi connectivity index (χ2n) is 3.85. The van der Waals surface area contributed by atoms with Gasteiger partial charge >= 0.3 is 0 Å². The molecule has 6 heteroatoms. The number of nitrogen functional groups attached to an aromatic ring is 1. The molecule has 2 aromatic rings. The molecule has 0 saturated heterocycles. The van der Waals surface area contributed by atoms with Gasteiger partial charge in [0.1, 0.15) is 5.82 Å². The molecule has 0 unspecified atom stereocenters. The van der Waals surface area contributed by atoms with E-state index in [2.05, 4.69) is 10.3 Å². The van der Waals surface area contributed by atoms with E-state index in [4.69, 9.17) is 5.73 Å². The number of carbonyl (C=O) groups excluding carboxylic acids is 1. The van der Waals surface area contributed by atoms with E-state index in [-0.39, 0.29) is 11.3 Å². The number of nitrogens with zero attached hydrogens (tertiary/aromatic N) is 1. The highest BCUT2D eigenvalue weighted by atomic mass is 32.1. The number of aryl methyl sites for hydroxylation is 2. The summed E-state index contributed by atoms with van der Waals surface area (Å²) in [6, 6.07) is 3.95. The van der Waals surface area contributed by atoms with Crippen LogP contribution in [0.2, 0.25) is 0 Å². The molecule has 0 atom stereocenters. The van der Waals surface area contributed by atoms with E-state index in [0.717, 1.165) is 16.6 Å². The number of hydrogen-bond donors (Lipinski definition) is 2. The summed E-state index contributed by atoms with van der Waals surface area (Å²) in [7, 11) is 0. The Morgan fingerprint density at radius 2 is 2.17 bits per heavy atom. The molecule has 1 amide bonds. The van der Waals surface area contributed by atoms with E-state index in [1.165, 1.54) is 23.5 Å². The first-order chi connectivity index (χ1) is 8.47. The second-order valence-corrected chi connectivity index (χ2v) is 5.05. The van der Waals surface area contributed by atoms with Gasteiger partial charge in [0.15, 0.2) is 5.13 Å². The van der Waals surface area contributed by atoms with Gasteiger partial charge in [0, 0.05) is 10.4 Å². The number of anilines is 2. The van der Waals surface area contributed by atoms with Crippen molar-refractivity contribution >= 4 is 28.1 Å². The van der Waals surface area contributed by atoms with Crippen LogP contribution >= 0.6 is 11.3 Å². The number of benzene rings is 1. The van der Waals surface area contributed by atoms with E-state index in [1.807, 2.05) is 13.8 Å². The fourth-order valence-electron chi connectivity index (χ4n) is 1.36. The Hall–Kier alpha value is -1.95. The standard InChI is InChI=1S/C12H12FN3OS/c1-6-7(2)18-12(15-6)16-11(17)8-3-4-10(14)9(13)5-8/h3-5H,14H2,1-2H3,(H,15,16,17). The van der Waals surface area contributed by atoms with Crippen LogP contribution in [0.4, 0.5) is 15.2 Å². The summed E-state index contributed by atoms with van der Waals surface area (Å²) in [6.07, 6.45) is 0. The SMILES string of the molecule is Cc1nc(NC(=O)c2ccc(N)c(F)c2)sc1C. The minimum Gasteiger partial charge on any atom is -0.396 e. The van der Waals surface area contributed by atoms with Crippen LogP contribution in [0.25, 0.3) is 0 Å². The number of amides is 1. The summed E-state index contributed by atoms with van der Waals surface area (Å²) >= 11 is 1.38. The zero-order valence-electron chi connectivity index (χ0n) is 9.95. The molecule has 3 N–H and O–H groups in total. The van der Waals surface area contributed by atoms with E-state index < -0.39 is 11.7 Å². The maximum absolute atomic E-state index is 13.2. The quantitative estimate of drug-likeness (QED) is 0.820. The molecular formula is C12H12FN3OS. The molecule has 0 aliphatic heterocycles. The third kappa shape index (κ3) is 2.48. The molecule has 0 spiro atoms. The highest BCUT2D eigenvalue weighted by Gasteiger charge is 2.11. The van der Waals surface area contributed by atoms with Crippen LogP contribution in [0.1, 0.15) is 20.9 Å². The van der Waals surface area contributed by atoms with Crippen LogP contribution < -0.4 is 11.1 Å². The normalized spacial score (nSPS) is 10.4. The van der Waals surface area contributed by atoms with Gasteiger partial charge in [-0.15, -0.1) is 11.3 Å². The molecule has 4 nitrogen and oxygen atoms in total. The Morgan fingerprint density at radius 1 is 1.44 bits per heavy atom. The Morgan fingerprint density at radius 3 is 2.72 bits per heavy atom. The van der Waals surface area contributed by atoms with Crippen molar-refractivity contribution in [2.24, 2.45) is 0 Å². The minimum atomic E-state index is -0.603. The summed E-state index contributed by atoms with van der Waals surface area (Å²) in [5.41, 5.74) is 6.46. The number of halogens is 1. The van der Waals surface area contributed by atoms with Crippen molar-refractivity contribution in [1.82, 2.24) is 4.98 Å². The summed E-state index contributed by atoms with van der Waals surface area (Å²) < 4.78 is 13.2. The van der Waals surface area contributed by atoms with Crippen molar-refractivity contribution < 1.29 is 9.18 Å². The van der Waals surface area contributed by atoms with Crippen LogP contribution in [0, 0.1) is 19.7 Å². The van der Waals surface area contributed by atoms with Crippen molar-refractivity contribution in [2.45, 2.75) is 13.8 Å². The summed E-state index contributed by atoms with van der Waals surface area (Å²) in [6.45, 7) is 3.79. The van der Waals surface area contributed by atoms with Crippen molar-refractivity contribution in [2.75, 3.05) is 11.1 Å². The van der Waals surface area contributed by atoms with E-state index >= 15 is 0 Å². The average molecular weight is 265 g/mol. The molecule has 0 radical (unpaired) electrons. The molecule has 0 bridgehead atoms.